The van der Waals surface area contributed by atoms with Crippen molar-refractivity contribution in [2.24, 2.45) is 5.41 Å². The third kappa shape index (κ3) is 10.9. The summed E-state index contributed by atoms with van der Waals surface area (Å²) in [6.07, 6.45) is 4.43. The Morgan fingerprint density at radius 2 is 1.48 bits per heavy atom. The van der Waals surface area contributed by atoms with Crippen LogP contribution in [0.3, 0.4) is 0 Å². The topological polar surface area (TPSA) is 115 Å². The zero-order valence-corrected chi connectivity index (χ0v) is 14.9. The first-order chi connectivity index (χ1) is 11.4. The largest absolute Gasteiger partial charge is 0.481 e. The molecule has 4 N–H and O–H groups in total. The van der Waals surface area contributed by atoms with Crippen LogP contribution >= 0.6 is 0 Å². The van der Waals surface area contributed by atoms with E-state index in [2.05, 4.69) is 0 Å². The lowest BCUT2D eigenvalue weighted by molar-refractivity contribution is -0.145. The quantitative estimate of drug-likeness (QED) is 0.864. The van der Waals surface area contributed by atoms with Crippen LogP contribution in [0.25, 0.3) is 0 Å². The first-order valence-electron chi connectivity index (χ1n) is 7.80. The number of carboxylic acids is 2. The molecular formula is C19H28O6. The van der Waals surface area contributed by atoms with Gasteiger partial charge < -0.3 is 20.4 Å². The van der Waals surface area contributed by atoms with Crippen molar-refractivity contribution >= 4 is 11.9 Å². The Balaban J connectivity index is 0. The molecule has 0 radical (unpaired) electrons. The Bertz CT molecular complexity index is 522. The van der Waals surface area contributed by atoms with E-state index in [1.165, 1.54) is 25.2 Å². The molecule has 0 amide bonds. The van der Waals surface area contributed by atoms with E-state index in [1.54, 1.807) is 0 Å². The Labute approximate surface area is 148 Å². The number of carbonyl (C=O) groups is 2. The number of carboxylic acid groups (broad SMARTS) is 2. The van der Waals surface area contributed by atoms with Crippen LogP contribution < -0.4 is 0 Å². The van der Waals surface area contributed by atoms with Crippen molar-refractivity contribution in [2.45, 2.75) is 27.2 Å². The summed E-state index contributed by atoms with van der Waals surface area (Å²) in [6, 6.07) is 12.0. The predicted molar refractivity (Wildman–Crippen MR) is 97.4 cm³/mol. The van der Waals surface area contributed by atoms with Gasteiger partial charge in [-0.15, -0.1) is 0 Å². The Kier molecular flexibility index (Phi) is 13.8. The summed E-state index contributed by atoms with van der Waals surface area (Å²) in [4.78, 5) is 21.3. The summed E-state index contributed by atoms with van der Waals surface area (Å²) < 4.78 is 4.83. The molecule has 2 rings (SSSR count). The summed E-state index contributed by atoms with van der Waals surface area (Å²) in [6.45, 7) is 7.17. The van der Waals surface area contributed by atoms with Gasteiger partial charge in [-0.05, 0) is 27.2 Å². The normalized spacial score (nSPS) is 17.5. The van der Waals surface area contributed by atoms with Crippen molar-refractivity contribution in [3.63, 3.8) is 0 Å². The fourth-order valence-corrected chi connectivity index (χ4v) is 1.77. The third-order valence-electron chi connectivity index (χ3n) is 3.16. The molecule has 0 aromatic heterocycles. The van der Waals surface area contributed by atoms with Gasteiger partial charge in [-0.25, -0.2) is 4.79 Å². The van der Waals surface area contributed by atoms with E-state index in [9.17, 15) is 9.59 Å². The second-order valence-corrected chi connectivity index (χ2v) is 5.19. The van der Waals surface area contributed by atoms with Gasteiger partial charge in [-0.2, -0.15) is 0 Å². The van der Waals surface area contributed by atoms with Crippen LogP contribution in [0.1, 0.15) is 27.2 Å². The van der Waals surface area contributed by atoms with E-state index in [-0.39, 0.29) is 17.5 Å². The first kappa shape index (κ1) is 24.8. The molecule has 0 aliphatic heterocycles. The number of rotatable bonds is 4. The average molecular weight is 352 g/mol. The molecule has 25 heavy (non-hydrogen) atoms. The van der Waals surface area contributed by atoms with Crippen LogP contribution in [0.4, 0.5) is 0 Å². The lowest BCUT2D eigenvalue weighted by Gasteiger charge is -2.23. The van der Waals surface area contributed by atoms with Crippen LogP contribution in [-0.2, 0) is 14.3 Å². The molecule has 1 aromatic carbocycles. The summed E-state index contributed by atoms with van der Waals surface area (Å²) >= 11 is 0. The highest BCUT2D eigenvalue weighted by Crippen LogP contribution is 2.31. The number of benzene rings is 1. The molecule has 1 unspecified atom stereocenters. The fourth-order valence-electron chi connectivity index (χ4n) is 1.77. The van der Waals surface area contributed by atoms with Gasteiger partial charge in [-0.3, -0.25) is 4.79 Å². The van der Waals surface area contributed by atoms with Crippen molar-refractivity contribution in [3.05, 3.63) is 60.2 Å². The van der Waals surface area contributed by atoms with Gasteiger partial charge in [0, 0.05) is 18.8 Å². The van der Waals surface area contributed by atoms with Crippen molar-refractivity contribution in [3.8, 4) is 0 Å². The zero-order chi connectivity index (χ0) is 18.4. The Hall–Kier alpha value is -2.44. The molecule has 1 atom stereocenters. The van der Waals surface area contributed by atoms with Crippen molar-refractivity contribution in [1.82, 2.24) is 0 Å². The standard InChI is InChI=1S/C9H10O4.C6H6.C4H10O.H2O/c1-9(8(12)13)4-2-3-6(5-9)7(10)11;1-2-4-6-5-3-1;1-3-5-4-2;/h2-4H,5H2,1H3,(H,10,11)(H,12,13);1-6H;3-4H2,1-2H3;1H2. The number of aliphatic carboxylic acids is 2. The SMILES string of the molecule is CC1(C(=O)O)C=CC=C(C(=O)O)C1.CCOCC.O.c1ccccc1. The minimum Gasteiger partial charge on any atom is -0.481 e. The second kappa shape index (κ2) is 13.9. The molecule has 1 aromatic rings. The summed E-state index contributed by atoms with van der Waals surface area (Å²) in [5.74, 6) is -2.06. The smallest absolute Gasteiger partial charge is 0.331 e. The van der Waals surface area contributed by atoms with Gasteiger partial charge in [-0.1, -0.05) is 54.6 Å². The molecule has 6 nitrogen and oxygen atoms in total. The van der Waals surface area contributed by atoms with E-state index in [0.29, 0.717) is 0 Å². The number of ether oxygens (including phenoxy) is 1. The monoisotopic (exact) mass is 352 g/mol. The second-order valence-electron chi connectivity index (χ2n) is 5.19. The molecule has 6 heteroatoms. The molecule has 0 saturated heterocycles. The first-order valence-corrected chi connectivity index (χ1v) is 7.80. The molecule has 0 bridgehead atoms. The molecule has 1 aliphatic rings. The molecule has 0 heterocycles. The maximum atomic E-state index is 10.8. The number of hydrogen-bond donors (Lipinski definition) is 2. The molecule has 0 spiro atoms. The van der Waals surface area contributed by atoms with Crippen molar-refractivity contribution in [2.75, 3.05) is 13.2 Å². The lowest BCUT2D eigenvalue weighted by Crippen LogP contribution is -2.28. The van der Waals surface area contributed by atoms with Gasteiger partial charge in [0.15, 0.2) is 0 Å². The summed E-state index contributed by atoms with van der Waals surface area (Å²) in [5, 5.41) is 17.5. The Morgan fingerprint density at radius 3 is 1.76 bits per heavy atom. The van der Waals surface area contributed by atoms with Crippen LogP contribution in [0, 0.1) is 5.41 Å². The fraction of sp³-hybridized carbons (Fsp3) is 0.368. The summed E-state index contributed by atoms with van der Waals surface area (Å²) in [5.41, 5.74) is -0.949. The minimum absolute atomic E-state index is 0. The third-order valence-corrected chi connectivity index (χ3v) is 3.16. The van der Waals surface area contributed by atoms with Crippen LogP contribution in [0.15, 0.2) is 60.2 Å². The van der Waals surface area contributed by atoms with Gasteiger partial charge in [0.25, 0.3) is 0 Å². The molecule has 1 aliphatic carbocycles. The Morgan fingerprint density at radius 1 is 1.04 bits per heavy atom. The minimum atomic E-state index is -1.08. The van der Waals surface area contributed by atoms with E-state index < -0.39 is 17.4 Å². The van der Waals surface area contributed by atoms with Crippen LogP contribution in [0.5, 0.6) is 0 Å². The predicted octanol–water partition coefficient (Wildman–Crippen LogP) is 2.95. The number of hydrogen-bond acceptors (Lipinski definition) is 3. The molecular weight excluding hydrogens is 324 g/mol. The highest BCUT2D eigenvalue weighted by molar-refractivity contribution is 5.90. The van der Waals surface area contributed by atoms with Gasteiger partial charge >= 0.3 is 11.9 Å². The van der Waals surface area contributed by atoms with Crippen LogP contribution in [0.2, 0.25) is 0 Å². The van der Waals surface area contributed by atoms with Gasteiger partial charge in [0.1, 0.15) is 0 Å². The van der Waals surface area contributed by atoms with Crippen molar-refractivity contribution < 1.29 is 30.0 Å². The van der Waals surface area contributed by atoms with E-state index in [4.69, 9.17) is 14.9 Å². The maximum Gasteiger partial charge on any atom is 0.331 e. The zero-order valence-electron chi connectivity index (χ0n) is 14.9. The van der Waals surface area contributed by atoms with Crippen molar-refractivity contribution in [1.29, 1.82) is 0 Å². The van der Waals surface area contributed by atoms with Crippen LogP contribution in [-0.4, -0.2) is 40.8 Å². The maximum absolute atomic E-state index is 10.8. The average Bonchev–Trinajstić information content (AvgIpc) is 2.58. The van der Waals surface area contributed by atoms with E-state index >= 15 is 0 Å². The molecule has 140 valence electrons. The molecule has 0 fully saturated rings. The van der Waals surface area contributed by atoms with E-state index in [0.717, 1.165) is 13.2 Å². The number of allylic oxidation sites excluding steroid dienone is 2. The molecule has 0 saturated carbocycles. The van der Waals surface area contributed by atoms with E-state index in [1.807, 2.05) is 50.2 Å². The summed E-state index contributed by atoms with van der Waals surface area (Å²) in [7, 11) is 0. The highest BCUT2D eigenvalue weighted by Gasteiger charge is 2.34. The lowest BCUT2D eigenvalue weighted by atomic mass is 9.80. The van der Waals surface area contributed by atoms with Gasteiger partial charge in [0.05, 0.1) is 5.41 Å². The highest BCUT2D eigenvalue weighted by atomic mass is 16.5. The van der Waals surface area contributed by atoms with Gasteiger partial charge in [0.2, 0.25) is 0 Å².